The predicted octanol–water partition coefficient (Wildman–Crippen LogP) is 6.66. The van der Waals surface area contributed by atoms with Crippen LogP contribution in [0.2, 0.25) is 0 Å². The minimum atomic E-state index is 0.834. The molecule has 0 aromatic heterocycles. The third kappa shape index (κ3) is 5.84. The third-order valence-corrected chi connectivity index (χ3v) is 3.22. The standard InChI is InChI=1S/C22H22O/c1-3-5-7-9-19-11-15-21(16-12-19)23-22-17-13-20(14-18-22)10-8-6-4-2/h3-4,7-18H,1-2,5-6H2. The quantitative estimate of drug-likeness (QED) is 0.495. The summed E-state index contributed by atoms with van der Waals surface area (Å²) < 4.78 is 5.86. The Bertz CT molecular complexity index is 611. The molecule has 0 heterocycles. The molecule has 0 aliphatic rings. The summed E-state index contributed by atoms with van der Waals surface area (Å²) in [6, 6.07) is 16.1. The number of ether oxygens (including phenoxy) is 1. The molecule has 2 aromatic carbocycles. The zero-order valence-corrected chi connectivity index (χ0v) is 13.3. The molecule has 2 rings (SSSR count). The van der Waals surface area contributed by atoms with E-state index in [0.29, 0.717) is 0 Å². The lowest BCUT2D eigenvalue weighted by atomic mass is 10.2. The van der Waals surface area contributed by atoms with Gasteiger partial charge in [-0.1, -0.05) is 60.7 Å². The highest BCUT2D eigenvalue weighted by atomic mass is 16.5. The van der Waals surface area contributed by atoms with Gasteiger partial charge in [0.1, 0.15) is 11.5 Å². The smallest absolute Gasteiger partial charge is 0.127 e. The van der Waals surface area contributed by atoms with Crippen molar-refractivity contribution >= 4 is 12.2 Å². The van der Waals surface area contributed by atoms with Gasteiger partial charge < -0.3 is 4.74 Å². The van der Waals surface area contributed by atoms with Crippen molar-refractivity contribution in [2.45, 2.75) is 12.8 Å². The van der Waals surface area contributed by atoms with Crippen LogP contribution in [0.25, 0.3) is 12.2 Å². The molecule has 0 unspecified atom stereocenters. The molecule has 116 valence electrons. The van der Waals surface area contributed by atoms with E-state index in [-0.39, 0.29) is 0 Å². The highest BCUT2D eigenvalue weighted by Gasteiger charge is 1.97. The topological polar surface area (TPSA) is 9.23 Å². The average Bonchev–Trinajstić information content (AvgIpc) is 2.58. The molecule has 0 saturated heterocycles. The maximum atomic E-state index is 5.86. The molecule has 0 spiro atoms. The largest absolute Gasteiger partial charge is 0.457 e. The molecular weight excluding hydrogens is 280 g/mol. The van der Waals surface area contributed by atoms with Gasteiger partial charge in [0.05, 0.1) is 0 Å². The van der Waals surface area contributed by atoms with E-state index in [1.807, 2.05) is 60.7 Å². The van der Waals surface area contributed by atoms with Gasteiger partial charge >= 0.3 is 0 Å². The molecule has 0 aliphatic carbocycles. The first-order valence-electron chi connectivity index (χ1n) is 7.74. The first-order chi connectivity index (χ1) is 11.3. The van der Waals surface area contributed by atoms with E-state index in [1.54, 1.807) is 0 Å². The van der Waals surface area contributed by atoms with E-state index < -0.39 is 0 Å². The summed E-state index contributed by atoms with van der Waals surface area (Å²) in [7, 11) is 0. The van der Waals surface area contributed by atoms with Crippen LogP contribution in [-0.4, -0.2) is 0 Å². The van der Waals surface area contributed by atoms with Crippen molar-refractivity contribution in [2.24, 2.45) is 0 Å². The highest BCUT2D eigenvalue weighted by Crippen LogP contribution is 2.22. The fraction of sp³-hybridized carbons (Fsp3) is 0.0909. The predicted molar refractivity (Wildman–Crippen MR) is 101 cm³/mol. The van der Waals surface area contributed by atoms with Crippen LogP contribution in [0.5, 0.6) is 11.5 Å². The molecule has 2 aromatic rings. The molecular formula is C22H22O. The molecule has 1 nitrogen and oxygen atoms in total. The minimum Gasteiger partial charge on any atom is -0.457 e. The van der Waals surface area contributed by atoms with Gasteiger partial charge in [0.15, 0.2) is 0 Å². The van der Waals surface area contributed by atoms with Crippen molar-refractivity contribution < 1.29 is 4.74 Å². The van der Waals surface area contributed by atoms with Crippen LogP contribution in [-0.2, 0) is 0 Å². The number of allylic oxidation sites excluding steroid dienone is 4. The van der Waals surface area contributed by atoms with Crippen molar-refractivity contribution in [2.75, 3.05) is 0 Å². The van der Waals surface area contributed by atoms with Crippen LogP contribution in [0.4, 0.5) is 0 Å². The molecule has 0 fully saturated rings. The van der Waals surface area contributed by atoms with Crippen LogP contribution in [0.3, 0.4) is 0 Å². The van der Waals surface area contributed by atoms with Gasteiger partial charge in [0.25, 0.3) is 0 Å². The highest BCUT2D eigenvalue weighted by molar-refractivity contribution is 5.52. The monoisotopic (exact) mass is 302 g/mol. The Labute approximate surface area is 138 Å². The number of benzene rings is 2. The molecule has 0 atom stereocenters. The first kappa shape index (κ1) is 16.6. The summed E-state index contributed by atoms with van der Waals surface area (Å²) in [6.45, 7) is 7.40. The Morgan fingerprint density at radius 1 is 0.652 bits per heavy atom. The molecule has 1 heteroatoms. The van der Waals surface area contributed by atoms with Gasteiger partial charge in [-0.3, -0.25) is 0 Å². The molecule has 0 radical (unpaired) electrons. The lowest BCUT2D eigenvalue weighted by Gasteiger charge is -2.06. The van der Waals surface area contributed by atoms with Crippen molar-refractivity contribution in [3.63, 3.8) is 0 Å². The molecule has 0 aliphatic heterocycles. The van der Waals surface area contributed by atoms with Crippen LogP contribution in [0.15, 0.2) is 86.0 Å². The van der Waals surface area contributed by atoms with Crippen molar-refractivity contribution in [1.82, 2.24) is 0 Å². The van der Waals surface area contributed by atoms with Gasteiger partial charge in [-0.25, -0.2) is 0 Å². The van der Waals surface area contributed by atoms with Gasteiger partial charge in [-0.15, -0.1) is 13.2 Å². The minimum absolute atomic E-state index is 0.834. The van der Waals surface area contributed by atoms with Crippen LogP contribution in [0.1, 0.15) is 24.0 Å². The van der Waals surface area contributed by atoms with Gasteiger partial charge in [0, 0.05) is 0 Å². The van der Waals surface area contributed by atoms with Crippen molar-refractivity contribution in [3.8, 4) is 11.5 Å². The Hall–Kier alpha value is -2.80. The molecule has 0 amide bonds. The maximum Gasteiger partial charge on any atom is 0.127 e. The summed E-state index contributed by atoms with van der Waals surface area (Å²) >= 11 is 0. The van der Waals surface area contributed by atoms with E-state index >= 15 is 0 Å². The Kier molecular flexibility index (Phi) is 6.67. The summed E-state index contributed by atoms with van der Waals surface area (Å²) in [4.78, 5) is 0. The second-order valence-electron chi connectivity index (χ2n) is 5.09. The van der Waals surface area contributed by atoms with E-state index in [0.717, 1.165) is 35.5 Å². The number of hydrogen-bond acceptors (Lipinski definition) is 1. The molecule has 0 saturated carbocycles. The summed E-state index contributed by atoms with van der Waals surface area (Å²) in [5, 5.41) is 0. The summed E-state index contributed by atoms with van der Waals surface area (Å²) in [5.74, 6) is 1.67. The lowest BCUT2D eigenvalue weighted by molar-refractivity contribution is 0.482. The Balaban J connectivity index is 1.96. The molecule has 23 heavy (non-hydrogen) atoms. The maximum absolute atomic E-state index is 5.86. The zero-order valence-electron chi connectivity index (χ0n) is 13.3. The van der Waals surface area contributed by atoms with Crippen molar-refractivity contribution in [1.29, 1.82) is 0 Å². The van der Waals surface area contributed by atoms with Crippen LogP contribution >= 0.6 is 0 Å². The van der Waals surface area contributed by atoms with Gasteiger partial charge in [-0.2, -0.15) is 0 Å². The van der Waals surface area contributed by atoms with Crippen LogP contribution in [0, 0.1) is 0 Å². The van der Waals surface area contributed by atoms with E-state index in [2.05, 4.69) is 37.5 Å². The molecule has 0 bridgehead atoms. The van der Waals surface area contributed by atoms with E-state index in [9.17, 15) is 0 Å². The summed E-state index contributed by atoms with van der Waals surface area (Å²) in [6.07, 6.45) is 13.8. The number of hydrogen-bond donors (Lipinski definition) is 0. The Morgan fingerprint density at radius 3 is 1.39 bits per heavy atom. The van der Waals surface area contributed by atoms with Gasteiger partial charge in [-0.05, 0) is 48.2 Å². The van der Waals surface area contributed by atoms with E-state index in [4.69, 9.17) is 4.74 Å². The first-order valence-corrected chi connectivity index (χ1v) is 7.74. The SMILES string of the molecule is C=CCC=Cc1ccc(Oc2ccc(C=CCC=C)cc2)cc1. The fourth-order valence-corrected chi connectivity index (χ4v) is 2.03. The second-order valence-corrected chi connectivity index (χ2v) is 5.09. The van der Waals surface area contributed by atoms with Crippen molar-refractivity contribution in [3.05, 3.63) is 97.1 Å². The van der Waals surface area contributed by atoms with E-state index in [1.165, 1.54) is 0 Å². The van der Waals surface area contributed by atoms with Gasteiger partial charge in [0.2, 0.25) is 0 Å². The average molecular weight is 302 g/mol. The lowest BCUT2D eigenvalue weighted by Crippen LogP contribution is -1.84. The Morgan fingerprint density at radius 2 is 1.04 bits per heavy atom. The fourth-order valence-electron chi connectivity index (χ4n) is 2.03. The third-order valence-electron chi connectivity index (χ3n) is 3.22. The zero-order chi connectivity index (χ0) is 16.3. The molecule has 0 N–H and O–H groups in total. The summed E-state index contributed by atoms with van der Waals surface area (Å²) in [5.41, 5.74) is 2.31. The van der Waals surface area contributed by atoms with Crippen LogP contribution < -0.4 is 4.74 Å². The normalized spacial score (nSPS) is 11.0. The number of rotatable bonds is 8. The second kappa shape index (κ2) is 9.26.